The van der Waals surface area contributed by atoms with Crippen LogP contribution >= 0.6 is 11.3 Å². The molecule has 0 saturated carbocycles. The van der Waals surface area contributed by atoms with Crippen LogP contribution in [0.4, 0.5) is 5.69 Å². The first-order valence-electron chi connectivity index (χ1n) is 7.04. The van der Waals surface area contributed by atoms with Gasteiger partial charge in [0.2, 0.25) is 0 Å². The van der Waals surface area contributed by atoms with Crippen molar-refractivity contribution in [2.45, 2.75) is 20.4 Å². The number of aromatic nitrogens is 1. The van der Waals surface area contributed by atoms with Gasteiger partial charge < -0.3 is 5.32 Å². The molecule has 0 aliphatic heterocycles. The topological polar surface area (TPSA) is 24.9 Å². The molecule has 1 N–H and O–H groups in total. The van der Waals surface area contributed by atoms with E-state index in [2.05, 4.69) is 52.8 Å². The van der Waals surface area contributed by atoms with Gasteiger partial charge in [-0.2, -0.15) is 0 Å². The van der Waals surface area contributed by atoms with Crippen LogP contribution in [0.3, 0.4) is 0 Å². The van der Waals surface area contributed by atoms with E-state index < -0.39 is 0 Å². The Balaban J connectivity index is 1.70. The molecule has 3 rings (SSSR count). The van der Waals surface area contributed by atoms with Crippen LogP contribution in [0, 0.1) is 13.8 Å². The number of rotatable bonds is 4. The molecule has 0 radical (unpaired) electrons. The summed E-state index contributed by atoms with van der Waals surface area (Å²) in [7, 11) is 0. The third-order valence-corrected chi connectivity index (χ3v) is 4.53. The van der Waals surface area contributed by atoms with Gasteiger partial charge in [0.1, 0.15) is 0 Å². The lowest BCUT2D eigenvalue weighted by Crippen LogP contribution is -2.01. The van der Waals surface area contributed by atoms with Crippen molar-refractivity contribution in [3.8, 4) is 10.4 Å². The zero-order chi connectivity index (χ0) is 14.7. The molecule has 3 heteroatoms. The van der Waals surface area contributed by atoms with Gasteiger partial charge >= 0.3 is 0 Å². The van der Waals surface area contributed by atoms with Gasteiger partial charge in [0.25, 0.3) is 0 Å². The highest BCUT2D eigenvalue weighted by atomic mass is 32.1. The van der Waals surface area contributed by atoms with E-state index in [4.69, 9.17) is 0 Å². The van der Waals surface area contributed by atoms with Crippen LogP contribution in [0.5, 0.6) is 0 Å². The fourth-order valence-corrected chi connectivity index (χ4v) is 3.24. The Morgan fingerprint density at radius 2 is 1.76 bits per heavy atom. The van der Waals surface area contributed by atoms with Crippen LogP contribution in [-0.4, -0.2) is 4.98 Å². The Morgan fingerprint density at radius 1 is 0.952 bits per heavy atom. The monoisotopic (exact) mass is 294 g/mol. The van der Waals surface area contributed by atoms with Crippen molar-refractivity contribution in [1.82, 2.24) is 4.98 Å². The summed E-state index contributed by atoms with van der Waals surface area (Å²) >= 11 is 1.83. The van der Waals surface area contributed by atoms with Crippen molar-refractivity contribution in [3.05, 3.63) is 70.9 Å². The van der Waals surface area contributed by atoms with Gasteiger partial charge in [-0.05, 0) is 43.7 Å². The summed E-state index contributed by atoms with van der Waals surface area (Å²) in [4.78, 5) is 7.12. The molecule has 2 nitrogen and oxygen atoms in total. The fraction of sp³-hybridized carbons (Fsp3) is 0.167. The van der Waals surface area contributed by atoms with Crippen molar-refractivity contribution in [2.24, 2.45) is 0 Å². The lowest BCUT2D eigenvalue weighted by Gasteiger charge is -2.08. The van der Waals surface area contributed by atoms with Crippen molar-refractivity contribution in [3.63, 3.8) is 0 Å². The van der Waals surface area contributed by atoms with Gasteiger partial charge in [0, 0.05) is 22.0 Å². The summed E-state index contributed by atoms with van der Waals surface area (Å²) in [6.07, 6.45) is 0. The van der Waals surface area contributed by atoms with E-state index in [0.717, 1.165) is 23.6 Å². The average Bonchev–Trinajstić information content (AvgIpc) is 2.96. The summed E-state index contributed by atoms with van der Waals surface area (Å²) < 4.78 is 0. The molecule has 0 atom stereocenters. The van der Waals surface area contributed by atoms with Crippen molar-refractivity contribution in [1.29, 1.82) is 0 Å². The maximum atomic E-state index is 4.48. The molecule has 0 spiro atoms. The predicted molar refractivity (Wildman–Crippen MR) is 90.8 cm³/mol. The predicted octanol–water partition coefficient (Wildman–Crippen LogP) is 5.04. The Kier molecular flexibility index (Phi) is 4.02. The normalized spacial score (nSPS) is 10.6. The minimum Gasteiger partial charge on any atom is -0.379 e. The standard InChI is InChI=1S/C18H18N2S/c1-13-8-10-17(14(2)20-13)19-12-16-9-11-18(21-16)15-6-4-3-5-7-15/h3-11,19H,12H2,1-2H3. The quantitative estimate of drug-likeness (QED) is 0.729. The number of aryl methyl sites for hydroxylation is 2. The zero-order valence-electron chi connectivity index (χ0n) is 12.3. The summed E-state index contributed by atoms with van der Waals surface area (Å²) in [5, 5.41) is 3.47. The first kappa shape index (κ1) is 13.8. The first-order valence-corrected chi connectivity index (χ1v) is 7.86. The maximum Gasteiger partial charge on any atom is 0.0607 e. The number of hydrogen-bond donors (Lipinski definition) is 1. The summed E-state index contributed by atoms with van der Waals surface area (Å²) in [5.74, 6) is 0. The van der Waals surface area contributed by atoms with Crippen LogP contribution in [-0.2, 0) is 6.54 Å². The molecular weight excluding hydrogens is 276 g/mol. The molecule has 2 aromatic heterocycles. The second-order valence-electron chi connectivity index (χ2n) is 5.07. The first-order chi connectivity index (χ1) is 10.2. The summed E-state index contributed by atoms with van der Waals surface area (Å²) in [6, 6.07) is 19.0. The third kappa shape index (κ3) is 3.31. The molecule has 0 aliphatic carbocycles. The largest absolute Gasteiger partial charge is 0.379 e. The smallest absolute Gasteiger partial charge is 0.0607 e. The molecule has 0 saturated heterocycles. The van der Waals surface area contributed by atoms with Crippen LogP contribution < -0.4 is 5.32 Å². The number of hydrogen-bond acceptors (Lipinski definition) is 3. The minimum atomic E-state index is 0.836. The SMILES string of the molecule is Cc1ccc(NCc2ccc(-c3ccccc3)s2)c(C)n1. The minimum absolute atomic E-state index is 0.836. The van der Waals surface area contributed by atoms with Gasteiger partial charge in [-0.1, -0.05) is 30.3 Å². The number of benzene rings is 1. The van der Waals surface area contributed by atoms with Gasteiger partial charge in [0.15, 0.2) is 0 Å². The highest BCUT2D eigenvalue weighted by molar-refractivity contribution is 7.15. The van der Waals surface area contributed by atoms with Gasteiger partial charge in [0.05, 0.1) is 11.4 Å². The average molecular weight is 294 g/mol. The number of thiophene rings is 1. The molecule has 106 valence electrons. The van der Waals surface area contributed by atoms with E-state index in [-0.39, 0.29) is 0 Å². The third-order valence-electron chi connectivity index (χ3n) is 3.40. The number of anilines is 1. The highest BCUT2D eigenvalue weighted by Gasteiger charge is 2.04. The molecule has 0 amide bonds. The molecule has 0 aliphatic rings. The summed E-state index contributed by atoms with van der Waals surface area (Å²) in [6.45, 7) is 4.89. The Hall–Kier alpha value is -2.13. The number of nitrogens with zero attached hydrogens (tertiary/aromatic N) is 1. The van der Waals surface area contributed by atoms with E-state index in [1.165, 1.54) is 15.3 Å². The fourth-order valence-electron chi connectivity index (χ4n) is 2.29. The molecule has 21 heavy (non-hydrogen) atoms. The second-order valence-corrected chi connectivity index (χ2v) is 6.24. The molecular formula is C18H18N2S. The van der Waals surface area contributed by atoms with Gasteiger partial charge in [-0.3, -0.25) is 4.98 Å². The van der Waals surface area contributed by atoms with Crippen molar-refractivity contribution < 1.29 is 0 Å². The Labute approximate surface area is 129 Å². The van der Waals surface area contributed by atoms with Gasteiger partial charge in [-0.15, -0.1) is 11.3 Å². The molecule has 0 unspecified atom stereocenters. The van der Waals surface area contributed by atoms with Crippen molar-refractivity contribution in [2.75, 3.05) is 5.32 Å². The second kappa shape index (κ2) is 6.10. The molecule has 0 fully saturated rings. The lowest BCUT2D eigenvalue weighted by molar-refractivity contribution is 1.09. The Bertz CT molecular complexity index is 732. The molecule has 1 aromatic carbocycles. The highest BCUT2D eigenvalue weighted by Crippen LogP contribution is 2.28. The van der Waals surface area contributed by atoms with Crippen molar-refractivity contribution >= 4 is 17.0 Å². The van der Waals surface area contributed by atoms with Crippen LogP contribution in [0.15, 0.2) is 54.6 Å². The van der Waals surface area contributed by atoms with E-state index in [9.17, 15) is 0 Å². The van der Waals surface area contributed by atoms with E-state index in [1.54, 1.807) is 0 Å². The zero-order valence-corrected chi connectivity index (χ0v) is 13.1. The number of nitrogens with one attached hydrogen (secondary N) is 1. The molecule has 0 bridgehead atoms. The van der Waals surface area contributed by atoms with Crippen LogP contribution in [0.1, 0.15) is 16.3 Å². The van der Waals surface area contributed by atoms with Crippen LogP contribution in [0.25, 0.3) is 10.4 Å². The van der Waals surface area contributed by atoms with Gasteiger partial charge in [-0.25, -0.2) is 0 Å². The van der Waals surface area contributed by atoms with E-state index in [1.807, 2.05) is 37.3 Å². The van der Waals surface area contributed by atoms with Crippen LogP contribution in [0.2, 0.25) is 0 Å². The Morgan fingerprint density at radius 3 is 2.52 bits per heavy atom. The lowest BCUT2D eigenvalue weighted by atomic mass is 10.2. The molecule has 3 aromatic rings. The summed E-state index contributed by atoms with van der Waals surface area (Å²) in [5.41, 5.74) is 4.49. The number of pyridine rings is 1. The van der Waals surface area contributed by atoms with E-state index in [0.29, 0.717) is 0 Å². The maximum absolute atomic E-state index is 4.48. The molecule has 2 heterocycles. The van der Waals surface area contributed by atoms with E-state index >= 15 is 0 Å².